The Balaban J connectivity index is 1.50. The lowest BCUT2D eigenvalue weighted by atomic mass is 9.86. The van der Waals surface area contributed by atoms with E-state index in [9.17, 15) is 9.59 Å². The van der Waals surface area contributed by atoms with Crippen LogP contribution in [0.3, 0.4) is 0 Å². The first kappa shape index (κ1) is 24.1. The molecular formula is C29H37N3O2S. The van der Waals surface area contributed by atoms with Crippen LogP contribution in [0.2, 0.25) is 0 Å². The van der Waals surface area contributed by atoms with Crippen molar-refractivity contribution in [2.24, 2.45) is 5.92 Å². The maximum Gasteiger partial charge on any atom is 0.271 e. The smallest absolute Gasteiger partial charge is 0.271 e. The lowest BCUT2D eigenvalue weighted by Gasteiger charge is -2.46. The van der Waals surface area contributed by atoms with Gasteiger partial charge in [0.2, 0.25) is 5.91 Å². The van der Waals surface area contributed by atoms with Gasteiger partial charge in [0.1, 0.15) is 11.2 Å². The number of benzene rings is 1. The molecule has 0 radical (unpaired) electrons. The number of aromatic nitrogens is 1. The van der Waals surface area contributed by atoms with E-state index in [2.05, 4.69) is 48.9 Å². The van der Waals surface area contributed by atoms with Crippen molar-refractivity contribution in [2.75, 3.05) is 6.54 Å². The molecule has 35 heavy (non-hydrogen) atoms. The van der Waals surface area contributed by atoms with E-state index in [1.54, 1.807) is 11.3 Å². The first-order chi connectivity index (χ1) is 16.8. The van der Waals surface area contributed by atoms with E-state index >= 15 is 0 Å². The van der Waals surface area contributed by atoms with Crippen molar-refractivity contribution in [1.82, 2.24) is 14.8 Å². The van der Waals surface area contributed by atoms with Crippen LogP contribution in [0.5, 0.6) is 0 Å². The van der Waals surface area contributed by atoms with E-state index in [0.717, 1.165) is 48.2 Å². The van der Waals surface area contributed by atoms with Gasteiger partial charge in [0.05, 0.1) is 16.8 Å². The standard InChI is InChI=1S/C29H37N3O2S/c1-5-23-15-24-26(35-23)16-25-27(33)32(17-20(3)21-9-7-6-8-10-21)29(4,18-31(24)25)28(34)30-22-13-11-19(2)12-14-22/h6-10,15-16,19-20,22H,5,11-14,17-18H2,1-4H3,(H,30,34)/t19?,20-,22?,29+/m0/s1. The molecule has 1 saturated carbocycles. The van der Waals surface area contributed by atoms with Crippen molar-refractivity contribution < 1.29 is 9.59 Å². The number of thiophene rings is 1. The van der Waals surface area contributed by atoms with Crippen LogP contribution in [-0.2, 0) is 17.8 Å². The van der Waals surface area contributed by atoms with Gasteiger partial charge in [-0.15, -0.1) is 11.3 Å². The van der Waals surface area contributed by atoms with Gasteiger partial charge in [-0.2, -0.15) is 0 Å². The molecule has 1 aromatic carbocycles. The van der Waals surface area contributed by atoms with Gasteiger partial charge in [-0.3, -0.25) is 9.59 Å². The molecule has 5 nitrogen and oxygen atoms in total. The molecule has 2 aromatic heterocycles. The summed E-state index contributed by atoms with van der Waals surface area (Å²) >= 11 is 1.75. The van der Waals surface area contributed by atoms with Crippen LogP contribution in [0.25, 0.3) is 10.2 Å². The van der Waals surface area contributed by atoms with Crippen LogP contribution in [0.4, 0.5) is 0 Å². The van der Waals surface area contributed by atoms with Crippen LogP contribution >= 0.6 is 11.3 Å². The molecule has 1 N–H and O–H groups in total. The van der Waals surface area contributed by atoms with Crippen LogP contribution in [0.1, 0.15) is 80.2 Å². The minimum Gasteiger partial charge on any atom is -0.351 e. The first-order valence-corrected chi connectivity index (χ1v) is 13.9. The molecule has 0 saturated heterocycles. The van der Waals surface area contributed by atoms with Gasteiger partial charge in [0, 0.05) is 17.5 Å². The van der Waals surface area contributed by atoms with Crippen molar-refractivity contribution >= 4 is 33.4 Å². The molecule has 2 amide bonds. The van der Waals surface area contributed by atoms with Gasteiger partial charge in [0.25, 0.3) is 5.91 Å². The highest BCUT2D eigenvalue weighted by molar-refractivity contribution is 7.19. The molecule has 2 aliphatic rings. The Kier molecular flexibility index (Phi) is 6.51. The zero-order valence-corrected chi connectivity index (χ0v) is 22.2. The molecule has 6 heteroatoms. The first-order valence-electron chi connectivity index (χ1n) is 13.1. The van der Waals surface area contributed by atoms with E-state index in [4.69, 9.17) is 0 Å². The number of carbonyl (C=O) groups is 2. The Morgan fingerprint density at radius 3 is 2.57 bits per heavy atom. The Bertz CT molecular complexity index is 1220. The van der Waals surface area contributed by atoms with E-state index in [0.29, 0.717) is 18.8 Å². The molecule has 1 aliphatic carbocycles. The number of nitrogens with one attached hydrogen (secondary N) is 1. The fourth-order valence-electron chi connectivity index (χ4n) is 5.76. The van der Waals surface area contributed by atoms with Crippen LogP contribution in [0, 0.1) is 5.92 Å². The molecule has 0 bridgehead atoms. The molecule has 3 aromatic rings. The van der Waals surface area contributed by atoms with E-state index in [1.807, 2.05) is 36.1 Å². The quantitative estimate of drug-likeness (QED) is 0.461. The van der Waals surface area contributed by atoms with E-state index < -0.39 is 5.54 Å². The number of hydrogen-bond donors (Lipinski definition) is 1. The number of hydrogen-bond acceptors (Lipinski definition) is 3. The number of amides is 2. The third-order valence-electron chi connectivity index (χ3n) is 8.18. The zero-order valence-electron chi connectivity index (χ0n) is 21.3. The molecule has 2 atom stereocenters. The fraction of sp³-hybridized carbons (Fsp3) is 0.517. The Hall–Kier alpha value is -2.60. The highest BCUT2D eigenvalue weighted by Gasteiger charge is 2.48. The normalized spacial score (nSPS) is 25.5. The second-order valence-corrected chi connectivity index (χ2v) is 12.0. The number of nitrogens with zero attached hydrogens (tertiary/aromatic N) is 2. The van der Waals surface area contributed by atoms with Crippen LogP contribution in [0.15, 0.2) is 42.5 Å². The predicted molar refractivity (Wildman–Crippen MR) is 143 cm³/mol. The molecule has 0 unspecified atom stereocenters. The molecule has 186 valence electrons. The van der Waals surface area contributed by atoms with Crippen molar-refractivity contribution in [2.45, 2.75) is 83.8 Å². The van der Waals surface area contributed by atoms with Gasteiger partial charge in [-0.25, -0.2) is 0 Å². The topological polar surface area (TPSA) is 54.3 Å². The highest BCUT2D eigenvalue weighted by atomic mass is 32.1. The Morgan fingerprint density at radius 1 is 1.17 bits per heavy atom. The minimum absolute atomic E-state index is 0.0240. The Labute approximate surface area is 212 Å². The second kappa shape index (κ2) is 9.45. The van der Waals surface area contributed by atoms with Crippen molar-refractivity contribution in [1.29, 1.82) is 0 Å². The fourth-order valence-corrected chi connectivity index (χ4v) is 6.80. The molecule has 5 rings (SSSR count). The number of fused-ring (bicyclic) bond motifs is 3. The summed E-state index contributed by atoms with van der Waals surface area (Å²) in [5, 5.41) is 3.36. The molecular weight excluding hydrogens is 454 g/mol. The van der Waals surface area contributed by atoms with Crippen LogP contribution in [-0.4, -0.2) is 39.4 Å². The predicted octanol–water partition coefficient (Wildman–Crippen LogP) is 5.98. The average molecular weight is 492 g/mol. The van der Waals surface area contributed by atoms with Gasteiger partial charge >= 0.3 is 0 Å². The summed E-state index contributed by atoms with van der Waals surface area (Å²) in [6.07, 6.45) is 5.29. The van der Waals surface area contributed by atoms with E-state index in [1.165, 1.54) is 10.4 Å². The largest absolute Gasteiger partial charge is 0.351 e. The summed E-state index contributed by atoms with van der Waals surface area (Å²) in [5.41, 5.74) is 2.01. The second-order valence-electron chi connectivity index (χ2n) is 10.9. The summed E-state index contributed by atoms with van der Waals surface area (Å²) in [6, 6.07) is 14.7. The maximum absolute atomic E-state index is 14.0. The summed E-state index contributed by atoms with van der Waals surface area (Å²) in [4.78, 5) is 31.1. The van der Waals surface area contributed by atoms with Crippen molar-refractivity contribution in [3.05, 3.63) is 58.6 Å². The van der Waals surface area contributed by atoms with Crippen molar-refractivity contribution in [3.63, 3.8) is 0 Å². The van der Waals surface area contributed by atoms with Gasteiger partial charge in [-0.05, 0) is 68.6 Å². The van der Waals surface area contributed by atoms with Crippen LogP contribution < -0.4 is 5.32 Å². The average Bonchev–Trinajstić information content (AvgIpc) is 3.42. The van der Waals surface area contributed by atoms with Gasteiger partial charge in [0.15, 0.2) is 0 Å². The van der Waals surface area contributed by atoms with E-state index in [-0.39, 0.29) is 23.8 Å². The minimum atomic E-state index is -0.948. The molecule has 1 fully saturated rings. The monoisotopic (exact) mass is 491 g/mol. The maximum atomic E-state index is 14.0. The van der Waals surface area contributed by atoms with Gasteiger partial charge < -0.3 is 14.8 Å². The van der Waals surface area contributed by atoms with Crippen molar-refractivity contribution in [3.8, 4) is 0 Å². The third kappa shape index (κ3) is 4.42. The number of rotatable bonds is 6. The SMILES string of the molecule is CCc1cc2c(cc3n2C[C@](C)(C(=O)NC2CCC(C)CC2)N(C[C@H](C)c2ccccc2)C3=O)s1. The third-order valence-corrected chi connectivity index (χ3v) is 9.40. The number of aryl methyl sites for hydroxylation is 1. The molecule has 1 aliphatic heterocycles. The Morgan fingerprint density at radius 2 is 1.89 bits per heavy atom. The summed E-state index contributed by atoms with van der Waals surface area (Å²) in [7, 11) is 0. The van der Waals surface area contributed by atoms with Gasteiger partial charge in [-0.1, -0.05) is 51.1 Å². The summed E-state index contributed by atoms with van der Waals surface area (Å²) < 4.78 is 3.23. The zero-order chi connectivity index (χ0) is 24.7. The molecule has 0 spiro atoms. The summed E-state index contributed by atoms with van der Waals surface area (Å²) in [6.45, 7) is 9.54. The lowest BCUT2D eigenvalue weighted by molar-refractivity contribution is -0.134. The number of carbonyl (C=O) groups excluding carboxylic acids is 2. The lowest BCUT2D eigenvalue weighted by Crippen LogP contribution is -2.65. The highest BCUT2D eigenvalue weighted by Crippen LogP contribution is 2.37. The molecule has 3 heterocycles. The summed E-state index contributed by atoms with van der Waals surface area (Å²) in [5.74, 6) is 0.775.